The Labute approximate surface area is 146 Å². The lowest BCUT2D eigenvalue weighted by Crippen LogP contribution is -2.36. The minimum atomic E-state index is -0.232. The van der Waals surface area contributed by atoms with Gasteiger partial charge in [-0.2, -0.15) is 0 Å². The van der Waals surface area contributed by atoms with Gasteiger partial charge in [-0.05, 0) is 36.2 Å². The zero-order valence-electron chi connectivity index (χ0n) is 14.2. The van der Waals surface area contributed by atoms with Crippen molar-refractivity contribution < 1.29 is 9.53 Å². The first kappa shape index (κ1) is 16.7. The number of carbonyl (C=O) groups is 1. The van der Waals surface area contributed by atoms with Gasteiger partial charge < -0.3 is 15.4 Å². The summed E-state index contributed by atoms with van der Waals surface area (Å²) >= 11 is 0. The molecule has 0 aliphatic carbocycles. The number of hydrogen-bond acceptors (Lipinski definition) is 4. The molecule has 0 aliphatic rings. The van der Waals surface area contributed by atoms with Crippen molar-refractivity contribution in [3.05, 3.63) is 66.0 Å². The highest BCUT2D eigenvalue weighted by Gasteiger charge is 2.11. The van der Waals surface area contributed by atoms with E-state index in [1.165, 1.54) is 0 Å². The topological polar surface area (TPSA) is 76.1 Å². The summed E-state index contributed by atoms with van der Waals surface area (Å²) in [4.78, 5) is 20.6. The molecule has 6 nitrogen and oxygen atoms in total. The average Bonchev–Trinajstić information content (AvgIpc) is 2.66. The van der Waals surface area contributed by atoms with E-state index in [2.05, 4.69) is 20.6 Å². The molecule has 0 fully saturated rings. The second kappa shape index (κ2) is 7.61. The number of benzene rings is 1. The van der Waals surface area contributed by atoms with Crippen LogP contribution >= 0.6 is 0 Å². The molecule has 3 rings (SSSR count). The molecule has 6 heteroatoms. The fourth-order valence-electron chi connectivity index (χ4n) is 2.63. The minimum Gasteiger partial charge on any atom is -0.481 e. The van der Waals surface area contributed by atoms with Crippen molar-refractivity contribution >= 4 is 16.9 Å². The molecule has 2 amide bonds. The number of fused-ring (bicyclic) bond motifs is 1. The summed E-state index contributed by atoms with van der Waals surface area (Å²) in [6.07, 6.45) is 3.42. The molecule has 0 bridgehead atoms. The van der Waals surface area contributed by atoms with Crippen LogP contribution in [0.5, 0.6) is 5.88 Å². The van der Waals surface area contributed by atoms with Crippen LogP contribution in [0.4, 0.5) is 4.79 Å². The van der Waals surface area contributed by atoms with E-state index in [4.69, 9.17) is 4.74 Å². The van der Waals surface area contributed by atoms with Crippen LogP contribution in [0.1, 0.15) is 24.1 Å². The maximum absolute atomic E-state index is 12.2. The van der Waals surface area contributed by atoms with Gasteiger partial charge in [0.1, 0.15) is 0 Å². The van der Waals surface area contributed by atoms with Gasteiger partial charge in [-0.25, -0.2) is 9.78 Å². The van der Waals surface area contributed by atoms with E-state index in [0.717, 1.165) is 22.0 Å². The Hall–Kier alpha value is -3.15. The van der Waals surface area contributed by atoms with Gasteiger partial charge >= 0.3 is 6.03 Å². The van der Waals surface area contributed by atoms with Gasteiger partial charge in [0.15, 0.2) is 0 Å². The first-order chi connectivity index (χ1) is 12.2. The van der Waals surface area contributed by atoms with Crippen molar-refractivity contribution in [2.45, 2.75) is 19.5 Å². The summed E-state index contributed by atoms with van der Waals surface area (Å²) < 4.78 is 5.25. The van der Waals surface area contributed by atoms with E-state index in [0.29, 0.717) is 12.4 Å². The standard InChI is InChI=1S/C19H20N4O2/c1-13(14-7-9-20-10-8-14)22-19(24)21-12-15-11-18(25-2)23-17-6-4-3-5-16(15)17/h3-11,13H,12H2,1-2H3,(H2,21,22,24)/t13-/m1/s1. The highest BCUT2D eigenvalue weighted by atomic mass is 16.5. The molecule has 0 spiro atoms. The van der Waals surface area contributed by atoms with Crippen molar-refractivity contribution in [3.8, 4) is 5.88 Å². The van der Waals surface area contributed by atoms with Crippen molar-refractivity contribution in [3.63, 3.8) is 0 Å². The maximum atomic E-state index is 12.2. The van der Waals surface area contributed by atoms with Crippen LogP contribution < -0.4 is 15.4 Å². The molecular formula is C19H20N4O2. The predicted molar refractivity (Wildman–Crippen MR) is 96.3 cm³/mol. The summed E-state index contributed by atoms with van der Waals surface area (Å²) in [5.74, 6) is 0.529. The Morgan fingerprint density at radius 3 is 2.72 bits per heavy atom. The van der Waals surface area contributed by atoms with E-state index in [1.807, 2.05) is 49.4 Å². The second-order valence-electron chi connectivity index (χ2n) is 5.67. The van der Waals surface area contributed by atoms with Gasteiger partial charge in [0.25, 0.3) is 0 Å². The van der Waals surface area contributed by atoms with Crippen molar-refractivity contribution in [2.24, 2.45) is 0 Å². The van der Waals surface area contributed by atoms with E-state index in [1.54, 1.807) is 19.5 Å². The zero-order valence-corrected chi connectivity index (χ0v) is 14.2. The quantitative estimate of drug-likeness (QED) is 0.750. The predicted octanol–water partition coefficient (Wildman–Crippen LogP) is 3.20. The zero-order chi connectivity index (χ0) is 17.6. The third-order valence-electron chi connectivity index (χ3n) is 3.98. The Kier molecular flexibility index (Phi) is 5.09. The number of ether oxygens (including phenoxy) is 1. The van der Waals surface area contributed by atoms with E-state index in [9.17, 15) is 4.79 Å². The van der Waals surface area contributed by atoms with Crippen LogP contribution in [0.25, 0.3) is 10.9 Å². The molecule has 2 heterocycles. The van der Waals surface area contributed by atoms with Crippen LogP contribution in [-0.4, -0.2) is 23.1 Å². The van der Waals surface area contributed by atoms with Crippen molar-refractivity contribution in [1.82, 2.24) is 20.6 Å². The number of nitrogens with one attached hydrogen (secondary N) is 2. The van der Waals surface area contributed by atoms with Gasteiger partial charge in [0, 0.05) is 30.4 Å². The van der Waals surface area contributed by atoms with E-state index < -0.39 is 0 Å². The second-order valence-corrected chi connectivity index (χ2v) is 5.67. The minimum absolute atomic E-state index is 0.105. The molecule has 1 aromatic carbocycles. The number of rotatable bonds is 5. The third kappa shape index (κ3) is 4.03. The lowest BCUT2D eigenvalue weighted by atomic mass is 10.1. The van der Waals surface area contributed by atoms with Crippen molar-refractivity contribution in [1.29, 1.82) is 0 Å². The van der Waals surface area contributed by atoms with E-state index in [-0.39, 0.29) is 12.1 Å². The number of amides is 2. The number of aromatic nitrogens is 2. The van der Waals surface area contributed by atoms with Gasteiger partial charge in [0.05, 0.1) is 18.7 Å². The maximum Gasteiger partial charge on any atom is 0.315 e. The van der Waals surface area contributed by atoms with E-state index >= 15 is 0 Å². The number of para-hydroxylation sites is 1. The highest BCUT2D eigenvalue weighted by molar-refractivity contribution is 5.83. The van der Waals surface area contributed by atoms with Gasteiger partial charge in [-0.1, -0.05) is 18.2 Å². The fraction of sp³-hybridized carbons (Fsp3) is 0.211. The van der Waals surface area contributed by atoms with Gasteiger partial charge in [0.2, 0.25) is 5.88 Å². The molecule has 0 unspecified atom stereocenters. The molecule has 0 saturated carbocycles. The number of urea groups is 1. The summed E-state index contributed by atoms with van der Waals surface area (Å²) in [5.41, 5.74) is 2.79. The summed E-state index contributed by atoms with van der Waals surface area (Å²) in [6.45, 7) is 2.31. The van der Waals surface area contributed by atoms with Crippen LogP contribution in [-0.2, 0) is 6.54 Å². The lowest BCUT2D eigenvalue weighted by molar-refractivity contribution is 0.237. The molecular weight excluding hydrogens is 316 g/mol. The Morgan fingerprint density at radius 2 is 1.96 bits per heavy atom. The molecule has 128 valence electrons. The molecule has 0 saturated heterocycles. The molecule has 2 N–H and O–H groups in total. The summed E-state index contributed by atoms with van der Waals surface area (Å²) in [7, 11) is 1.58. The van der Waals surface area contributed by atoms with Crippen molar-refractivity contribution in [2.75, 3.05) is 7.11 Å². The van der Waals surface area contributed by atoms with Gasteiger partial charge in [-0.15, -0.1) is 0 Å². The number of hydrogen-bond donors (Lipinski definition) is 2. The molecule has 0 radical (unpaired) electrons. The molecule has 3 aromatic rings. The van der Waals surface area contributed by atoms with Gasteiger partial charge in [-0.3, -0.25) is 4.98 Å². The normalized spacial score (nSPS) is 11.8. The highest BCUT2D eigenvalue weighted by Crippen LogP contribution is 2.21. The largest absolute Gasteiger partial charge is 0.481 e. The Balaban J connectivity index is 1.69. The fourth-order valence-corrected chi connectivity index (χ4v) is 2.63. The average molecular weight is 336 g/mol. The Bertz CT molecular complexity index is 868. The summed E-state index contributed by atoms with van der Waals surface area (Å²) in [5, 5.41) is 6.80. The molecule has 1 atom stereocenters. The van der Waals surface area contributed by atoms with Crippen LogP contribution in [0.2, 0.25) is 0 Å². The van der Waals surface area contributed by atoms with Crippen LogP contribution in [0.15, 0.2) is 54.9 Å². The number of nitrogens with zero attached hydrogens (tertiary/aromatic N) is 2. The first-order valence-electron chi connectivity index (χ1n) is 8.04. The lowest BCUT2D eigenvalue weighted by Gasteiger charge is -2.15. The SMILES string of the molecule is COc1cc(CNC(=O)N[C@H](C)c2ccncc2)c2ccccc2n1. The Morgan fingerprint density at radius 1 is 1.20 bits per heavy atom. The summed E-state index contributed by atoms with van der Waals surface area (Å²) in [6, 6.07) is 13.0. The molecule has 2 aromatic heterocycles. The van der Waals surface area contributed by atoms with Crippen LogP contribution in [0, 0.1) is 0 Å². The molecule has 0 aliphatic heterocycles. The first-order valence-corrected chi connectivity index (χ1v) is 8.04. The smallest absolute Gasteiger partial charge is 0.315 e. The third-order valence-corrected chi connectivity index (χ3v) is 3.98. The number of pyridine rings is 2. The monoisotopic (exact) mass is 336 g/mol. The molecule has 25 heavy (non-hydrogen) atoms. The number of methoxy groups -OCH3 is 1. The number of carbonyl (C=O) groups excluding carboxylic acids is 1. The van der Waals surface area contributed by atoms with Crippen LogP contribution in [0.3, 0.4) is 0 Å².